The Hall–Kier alpha value is -4.44. The fourth-order valence-electron chi connectivity index (χ4n) is 5.91. The van der Waals surface area contributed by atoms with Crippen molar-refractivity contribution in [1.82, 2.24) is 19.4 Å². The number of hydrogen-bond acceptors (Lipinski definition) is 8. The number of hydrogen-bond donors (Lipinski definition) is 2. The number of rotatable bonds is 4. The van der Waals surface area contributed by atoms with Gasteiger partial charge in [0.05, 0.1) is 35.3 Å². The van der Waals surface area contributed by atoms with Crippen LogP contribution in [0.4, 0.5) is 22.0 Å². The monoisotopic (exact) mass is 568 g/mol. The number of carbonyl (C=O) groups excluding carboxylic acids is 2. The summed E-state index contributed by atoms with van der Waals surface area (Å²) in [5, 5.41) is 14.1. The molecule has 42 heavy (non-hydrogen) atoms. The highest BCUT2D eigenvalue weighted by Gasteiger charge is 2.43. The number of aryl methyl sites for hydroxylation is 1. The summed E-state index contributed by atoms with van der Waals surface area (Å²) in [6.07, 6.45) is 6.07. The van der Waals surface area contributed by atoms with Crippen LogP contribution in [0, 0.1) is 0 Å². The Kier molecular flexibility index (Phi) is 6.89. The molecule has 1 fully saturated rings. The van der Waals surface area contributed by atoms with Crippen LogP contribution in [0.25, 0.3) is 22.2 Å². The SMILES string of the molecule is CC1c2c(-c3ccnc4c3ccn4C)ccc(Nc3ccc(N4CCC(O)CC4)cn3)c2C(=O)N1C(=O)OC(C)(C)C. The van der Waals surface area contributed by atoms with Crippen LogP contribution >= 0.6 is 0 Å². The standard InChI is InChI=1S/C32H36N6O4/c1-19-27-23(22-10-14-33-29-24(22)13-15-36(29)5)7-8-25(28(27)30(40)38(19)31(41)42-32(2,3)4)35-26-9-6-20(18-34-26)37-16-11-21(39)12-17-37/h6-10,13-15,18-19,21,39H,11-12,16-17H2,1-5H3,(H,34,35). The Bertz CT molecular complexity index is 1670. The Balaban J connectivity index is 1.40. The number of aliphatic hydroxyl groups is 1. The minimum Gasteiger partial charge on any atom is -0.443 e. The predicted molar refractivity (Wildman–Crippen MR) is 162 cm³/mol. The van der Waals surface area contributed by atoms with Crippen LogP contribution in [0.1, 0.15) is 62.5 Å². The van der Waals surface area contributed by atoms with Crippen molar-refractivity contribution < 1.29 is 19.4 Å². The predicted octanol–water partition coefficient (Wildman–Crippen LogP) is 5.79. The highest BCUT2D eigenvalue weighted by atomic mass is 16.6. The Morgan fingerprint density at radius 3 is 2.50 bits per heavy atom. The summed E-state index contributed by atoms with van der Waals surface area (Å²) in [6, 6.07) is 11.1. The van der Waals surface area contributed by atoms with Crippen molar-refractivity contribution in [3.8, 4) is 11.1 Å². The Morgan fingerprint density at radius 1 is 1.05 bits per heavy atom. The molecule has 0 bridgehead atoms. The van der Waals surface area contributed by atoms with E-state index in [-0.39, 0.29) is 6.10 Å². The average Bonchev–Trinajstić information content (AvgIpc) is 3.46. The number of aromatic nitrogens is 3. The lowest BCUT2D eigenvalue weighted by atomic mass is 9.91. The molecule has 2 amide bonds. The fourth-order valence-corrected chi connectivity index (χ4v) is 5.91. The first-order valence-electron chi connectivity index (χ1n) is 14.3. The lowest BCUT2D eigenvalue weighted by molar-refractivity contribution is 0.0203. The summed E-state index contributed by atoms with van der Waals surface area (Å²) in [6.45, 7) is 8.76. The number of piperidine rings is 1. The molecule has 0 spiro atoms. The molecule has 0 aliphatic carbocycles. The number of imide groups is 1. The molecule has 2 N–H and O–H groups in total. The minimum atomic E-state index is -0.755. The molecule has 218 valence electrons. The summed E-state index contributed by atoms with van der Waals surface area (Å²) in [7, 11) is 1.94. The van der Waals surface area contributed by atoms with Crippen molar-refractivity contribution in [2.45, 2.75) is 58.3 Å². The summed E-state index contributed by atoms with van der Waals surface area (Å²) in [5.74, 6) is 0.161. The van der Waals surface area contributed by atoms with Gasteiger partial charge in [0.1, 0.15) is 17.1 Å². The van der Waals surface area contributed by atoms with E-state index in [9.17, 15) is 14.7 Å². The van der Waals surface area contributed by atoms with Crippen molar-refractivity contribution >= 4 is 40.2 Å². The molecule has 1 saturated heterocycles. The van der Waals surface area contributed by atoms with Gasteiger partial charge in [-0.2, -0.15) is 0 Å². The van der Waals surface area contributed by atoms with Gasteiger partial charge in [-0.15, -0.1) is 0 Å². The number of benzene rings is 1. The van der Waals surface area contributed by atoms with Crippen LogP contribution in [-0.2, 0) is 11.8 Å². The second-order valence-corrected chi connectivity index (χ2v) is 12.0. The van der Waals surface area contributed by atoms with Crippen molar-refractivity contribution in [2.75, 3.05) is 23.3 Å². The molecule has 6 rings (SSSR count). The van der Waals surface area contributed by atoms with E-state index in [1.165, 1.54) is 4.90 Å². The Labute approximate surface area is 244 Å². The molecule has 10 nitrogen and oxygen atoms in total. The second kappa shape index (κ2) is 10.4. The molecular weight excluding hydrogens is 532 g/mol. The number of aliphatic hydroxyl groups excluding tert-OH is 1. The quantitative estimate of drug-likeness (QED) is 0.318. The van der Waals surface area contributed by atoms with Crippen LogP contribution in [0.3, 0.4) is 0 Å². The zero-order valence-electron chi connectivity index (χ0n) is 24.6. The molecule has 5 heterocycles. The van der Waals surface area contributed by atoms with Gasteiger partial charge < -0.3 is 24.6 Å². The summed E-state index contributed by atoms with van der Waals surface area (Å²) in [5.41, 5.74) is 4.58. The zero-order valence-corrected chi connectivity index (χ0v) is 24.6. The summed E-state index contributed by atoms with van der Waals surface area (Å²) >= 11 is 0. The van der Waals surface area contributed by atoms with Crippen LogP contribution < -0.4 is 10.2 Å². The molecule has 3 aromatic heterocycles. The molecule has 10 heteroatoms. The first-order valence-corrected chi connectivity index (χ1v) is 14.3. The van der Waals surface area contributed by atoms with Gasteiger partial charge in [0.25, 0.3) is 5.91 Å². The van der Waals surface area contributed by atoms with Crippen LogP contribution in [-0.4, -0.2) is 61.3 Å². The lowest BCUT2D eigenvalue weighted by Gasteiger charge is -2.31. The van der Waals surface area contributed by atoms with E-state index >= 15 is 0 Å². The van der Waals surface area contributed by atoms with Gasteiger partial charge in [0.15, 0.2) is 0 Å². The van der Waals surface area contributed by atoms with E-state index in [1.807, 2.05) is 61.1 Å². The third-order valence-electron chi connectivity index (χ3n) is 7.97. The van der Waals surface area contributed by atoms with Crippen LogP contribution in [0.2, 0.25) is 0 Å². The number of amides is 2. The van der Waals surface area contributed by atoms with E-state index in [4.69, 9.17) is 4.74 Å². The molecule has 2 aliphatic rings. The summed E-state index contributed by atoms with van der Waals surface area (Å²) < 4.78 is 7.60. The van der Waals surface area contributed by atoms with Crippen molar-refractivity contribution in [3.63, 3.8) is 0 Å². The molecule has 1 aromatic carbocycles. The topological polar surface area (TPSA) is 113 Å². The van der Waals surface area contributed by atoms with Gasteiger partial charge in [0, 0.05) is 37.9 Å². The van der Waals surface area contributed by atoms with Crippen molar-refractivity contribution in [1.29, 1.82) is 0 Å². The van der Waals surface area contributed by atoms with Gasteiger partial charge in [-0.3, -0.25) is 4.79 Å². The maximum absolute atomic E-state index is 14.0. The molecule has 1 atom stereocenters. The molecule has 2 aliphatic heterocycles. The van der Waals surface area contributed by atoms with Gasteiger partial charge in [-0.25, -0.2) is 19.7 Å². The highest BCUT2D eigenvalue weighted by Crippen LogP contribution is 2.45. The second-order valence-electron chi connectivity index (χ2n) is 12.0. The number of anilines is 3. The molecule has 0 saturated carbocycles. The van der Waals surface area contributed by atoms with Gasteiger partial charge in [0.2, 0.25) is 0 Å². The van der Waals surface area contributed by atoms with Gasteiger partial charge >= 0.3 is 6.09 Å². The fraction of sp³-hybridized carbons (Fsp3) is 0.375. The first-order chi connectivity index (χ1) is 20.0. The van der Waals surface area contributed by atoms with Crippen molar-refractivity contribution in [2.24, 2.45) is 7.05 Å². The minimum absolute atomic E-state index is 0.245. The number of nitrogens with one attached hydrogen (secondary N) is 1. The third-order valence-corrected chi connectivity index (χ3v) is 7.97. The smallest absolute Gasteiger partial charge is 0.417 e. The average molecular weight is 569 g/mol. The number of ether oxygens (including phenoxy) is 1. The van der Waals surface area contributed by atoms with Crippen molar-refractivity contribution in [3.05, 3.63) is 66.1 Å². The number of carbonyl (C=O) groups is 2. The first kappa shape index (κ1) is 27.7. The number of nitrogens with zero attached hydrogens (tertiary/aromatic N) is 5. The van der Waals surface area contributed by atoms with Crippen LogP contribution in [0.15, 0.2) is 55.0 Å². The molecule has 4 aromatic rings. The Morgan fingerprint density at radius 2 is 1.81 bits per heavy atom. The van der Waals surface area contributed by atoms with Gasteiger partial charge in [-0.05, 0) is 87.6 Å². The third kappa shape index (κ3) is 4.96. The lowest BCUT2D eigenvalue weighted by Crippen LogP contribution is -2.38. The normalized spacial score (nSPS) is 17.6. The van der Waals surface area contributed by atoms with E-state index < -0.39 is 23.6 Å². The summed E-state index contributed by atoms with van der Waals surface area (Å²) in [4.78, 5) is 39.9. The van der Waals surface area contributed by atoms with E-state index in [0.717, 1.165) is 59.3 Å². The maximum Gasteiger partial charge on any atom is 0.417 e. The highest BCUT2D eigenvalue weighted by molar-refractivity contribution is 6.13. The van der Waals surface area contributed by atoms with E-state index in [0.29, 0.717) is 17.1 Å². The molecule has 1 unspecified atom stereocenters. The van der Waals surface area contributed by atoms with E-state index in [1.54, 1.807) is 33.2 Å². The van der Waals surface area contributed by atoms with Gasteiger partial charge in [-0.1, -0.05) is 6.07 Å². The number of pyridine rings is 2. The van der Waals surface area contributed by atoms with Crippen LogP contribution in [0.5, 0.6) is 0 Å². The maximum atomic E-state index is 14.0. The largest absolute Gasteiger partial charge is 0.443 e. The number of fused-ring (bicyclic) bond motifs is 2. The molecular formula is C32H36N6O4. The molecule has 0 radical (unpaired) electrons. The zero-order chi connectivity index (χ0) is 29.8. The van der Waals surface area contributed by atoms with E-state index in [2.05, 4.69) is 20.2 Å².